The Bertz CT molecular complexity index is 375. The van der Waals surface area contributed by atoms with Crippen LogP contribution in [0.3, 0.4) is 0 Å². The van der Waals surface area contributed by atoms with Crippen molar-refractivity contribution in [3.8, 4) is 0 Å². The Labute approximate surface area is 88.5 Å². The molecule has 0 fully saturated rings. The maximum Gasteiger partial charge on any atom is 0.248 e. The SMILES string of the molecule is CCCC(=O)Nc1cccc(C(N)=O)c1. The Kier molecular flexibility index (Phi) is 3.85. The first-order valence-corrected chi connectivity index (χ1v) is 4.83. The summed E-state index contributed by atoms with van der Waals surface area (Å²) in [5.74, 6) is -0.555. The number of rotatable bonds is 4. The van der Waals surface area contributed by atoms with E-state index in [0.717, 1.165) is 6.42 Å². The maximum atomic E-state index is 11.3. The van der Waals surface area contributed by atoms with Gasteiger partial charge in [0.15, 0.2) is 0 Å². The lowest BCUT2D eigenvalue weighted by atomic mass is 10.2. The fourth-order valence-electron chi connectivity index (χ4n) is 1.20. The number of anilines is 1. The normalized spacial score (nSPS) is 9.67. The van der Waals surface area contributed by atoms with Gasteiger partial charge in [-0.3, -0.25) is 9.59 Å². The van der Waals surface area contributed by atoms with Gasteiger partial charge in [-0.25, -0.2) is 0 Å². The van der Waals surface area contributed by atoms with Crippen LogP contribution in [-0.2, 0) is 4.79 Å². The maximum absolute atomic E-state index is 11.3. The zero-order chi connectivity index (χ0) is 11.3. The second kappa shape index (κ2) is 5.14. The Morgan fingerprint density at radius 2 is 2.13 bits per heavy atom. The molecule has 1 aromatic rings. The van der Waals surface area contributed by atoms with Crippen molar-refractivity contribution in [3.63, 3.8) is 0 Å². The van der Waals surface area contributed by atoms with Crippen molar-refractivity contribution in [1.82, 2.24) is 0 Å². The van der Waals surface area contributed by atoms with Crippen molar-refractivity contribution >= 4 is 17.5 Å². The average Bonchev–Trinajstić information content (AvgIpc) is 2.18. The number of hydrogen-bond acceptors (Lipinski definition) is 2. The third-order valence-corrected chi connectivity index (χ3v) is 1.91. The van der Waals surface area contributed by atoms with Gasteiger partial charge in [-0.2, -0.15) is 0 Å². The molecule has 0 spiro atoms. The van der Waals surface area contributed by atoms with Crippen molar-refractivity contribution in [2.75, 3.05) is 5.32 Å². The lowest BCUT2D eigenvalue weighted by Crippen LogP contribution is -2.13. The van der Waals surface area contributed by atoms with Crippen LogP contribution in [0.15, 0.2) is 24.3 Å². The van der Waals surface area contributed by atoms with Crippen LogP contribution in [0.2, 0.25) is 0 Å². The van der Waals surface area contributed by atoms with E-state index in [4.69, 9.17) is 5.73 Å². The third-order valence-electron chi connectivity index (χ3n) is 1.91. The Balaban J connectivity index is 2.73. The first-order chi connectivity index (χ1) is 7.13. The molecule has 0 aromatic heterocycles. The van der Waals surface area contributed by atoms with Crippen LogP contribution in [0.4, 0.5) is 5.69 Å². The minimum atomic E-state index is -0.499. The highest BCUT2D eigenvalue weighted by Gasteiger charge is 2.03. The Hall–Kier alpha value is -1.84. The van der Waals surface area contributed by atoms with Crippen LogP contribution in [0.5, 0.6) is 0 Å². The molecule has 4 heteroatoms. The van der Waals surface area contributed by atoms with Gasteiger partial charge in [0.05, 0.1) is 0 Å². The number of amides is 2. The molecule has 0 saturated heterocycles. The first kappa shape index (κ1) is 11.2. The molecule has 0 radical (unpaired) electrons. The lowest BCUT2D eigenvalue weighted by Gasteiger charge is -2.04. The summed E-state index contributed by atoms with van der Waals surface area (Å²) in [6.07, 6.45) is 1.27. The monoisotopic (exact) mass is 206 g/mol. The zero-order valence-electron chi connectivity index (χ0n) is 8.62. The molecule has 0 saturated carbocycles. The number of carbonyl (C=O) groups is 2. The van der Waals surface area contributed by atoms with Gasteiger partial charge in [-0.15, -0.1) is 0 Å². The largest absolute Gasteiger partial charge is 0.366 e. The van der Waals surface area contributed by atoms with Gasteiger partial charge in [-0.05, 0) is 24.6 Å². The van der Waals surface area contributed by atoms with Crippen molar-refractivity contribution in [2.45, 2.75) is 19.8 Å². The highest BCUT2D eigenvalue weighted by atomic mass is 16.2. The number of carbonyl (C=O) groups excluding carboxylic acids is 2. The van der Waals surface area contributed by atoms with E-state index in [9.17, 15) is 9.59 Å². The molecule has 0 unspecified atom stereocenters. The van der Waals surface area contributed by atoms with Crippen molar-refractivity contribution in [1.29, 1.82) is 0 Å². The molecule has 0 aliphatic carbocycles. The summed E-state index contributed by atoms with van der Waals surface area (Å²) in [5.41, 5.74) is 6.11. The summed E-state index contributed by atoms with van der Waals surface area (Å²) in [7, 11) is 0. The van der Waals surface area contributed by atoms with Gasteiger partial charge in [-0.1, -0.05) is 13.0 Å². The summed E-state index contributed by atoms with van der Waals surface area (Å²) < 4.78 is 0. The van der Waals surface area contributed by atoms with Crippen LogP contribution in [0.1, 0.15) is 30.1 Å². The molecule has 3 N–H and O–H groups in total. The van der Waals surface area contributed by atoms with Crippen molar-refractivity contribution < 1.29 is 9.59 Å². The van der Waals surface area contributed by atoms with E-state index in [1.54, 1.807) is 24.3 Å². The van der Waals surface area contributed by atoms with E-state index >= 15 is 0 Å². The summed E-state index contributed by atoms with van der Waals surface area (Å²) >= 11 is 0. The van der Waals surface area contributed by atoms with E-state index in [1.807, 2.05) is 6.92 Å². The molecular formula is C11H14N2O2. The minimum absolute atomic E-state index is 0.0564. The van der Waals surface area contributed by atoms with Crippen LogP contribution in [0.25, 0.3) is 0 Å². The number of hydrogen-bond donors (Lipinski definition) is 2. The molecule has 15 heavy (non-hydrogen) atoms. The second-order valence-corrected chi connectivity index (χ2v) is 3.24. The lowest BCUT2D eigenvalue weighted by molar-refractivity contribution is -0.116. The van der Waals surface area contributed by atoms with E-state index in [1.165, 1.54) is 0 Å². The highest BCUT2D eigenvalue weighted by molar-refractivity contribution is 5.96. The predicted octanol–water partition coefficient (Wildman–Crippen LogP) is 1.52. The Morgan fingerprint density at radius 3 is 2.73 bits per heavy atom. The smallest absolute Gasteiger partial charge is 0.248 e. The topological polar surface area (TPSA) is 72.2 Å². The summed E-state index contributed by atoms with van der Waals surface area (Å²) in [6.45, 7) is 1.93. The number of nitrogens with two attached hydrogens (primary N) is 1. The molecule has 4 nitrogen and oxygen atoms in total. The number of primary amides is 1. The minimum Gasteiger partial charge on any atom is -0.366 e. The summed E-state index contributed by atoms with van der Waals surface area (Å²) in [4.78, 5) is 22.1. The quantitative estimate of drug-likeness (QED) is 0.784. The van der Waals surface area contributed by atoms with Gasteiger partial charge in [0.1, 0.15) is 0 Å². The predicted molar refractivity (Wildman–Crippen MR) is 58.5 cm³/mol. The van der Waals surface area contributed by atoms with Gasteiger partial charge in [0.2, 0.25) is 11.8 Å². The molecule has 1 aromatic carbocycles. The highest BCUT2D eigenvalue weighted by Crippen LogP contribution is 2.10. The molecule has 1 rings (SSSR count). The molecule has 0 atom stereocenters. The second-order valence-electron chi connectivity index (χ2n) is 3.24. The Morgan fingerprint density at radius 1 is 1.40 bits per heavy atom. The standard InChI is InChI=1S/C11H14N2O2/c1-2-4-10(14)13-9-6-3-5-8(7-9)11(12)15/h3,5-7H,2,4H2,1H3,(H2,12,15)(H,13,14). The molecule has 0 aliphatic heterocycles. The van der Waals surface area contributed by atoms with Gasteiger partial charge in [0.25, 0.3) is 0 Å². The first-order valence-electron chi connectivity index (χ1n) is 4.83. The van der Waals surface area contributed by atoms with E-state index in [0.29, 0.717) is 17.7 Å². The van der Waals surface area contributed by atoms with E-state index in [-0.39, 0.29) is 5.91 Å². The van der Waals surface area contributed by atoms with E-state index < -0.39 is 5.91 Å². The fourth-order valence-corrected chi connectivity index (χ4v) is 1.20. The van der Waals surface area contributed by atoms with Crippen LogP contribution in [0, 0.1) is 0 Å². The van der Waals surface area contributed by atoms with Crippen molar-refractivity contribution in [2.24, 2.45) is 5.73 Å². The van der Waals surface area contributed by atoms with Crippen LogP contribution in [-0.4, -0.2) is 11.8 Å². The number of nitrogens with one attached hydrogen (secondary N) is 1. The molecule has 0 heterocycles. The third kappa shape index (κ3) is 3.42. The van der Waals surface area contributed by atoms with Crippen LogP contribution >= 0.6 is 0 Å². The zero-order valence-corrected chi connectivity index (χ0v) is 8.62. The van der Waals surface area contributed by atoms with Gasteiger partial charge in [0, 0.05) is 17.7 Å². The summed E-state index contributed by atoms with van der Waals surface area (Å²) in [5, 5.41) is 2.69. The molecule has 80 valence electrons. The van der Waals surface area contributed by atoms with Crippen LogP contribution < -0.4 is 11.1 Å². The fraction of sp³-hybridized carbons (Fsp3) is 0.273. The van der Waals surface area contributed by atoms with E-state index in [2.05, 4.69) is 5.32 Å². The van der Waals surface area contributed by atoms with Gasteiger partial charge >= 0.3 is 0 Å². The number of benzene rings is 1. The molecular weight excluding hydrogens is 192 g/mol. The summed E-state index contributed by atoms with van der Waals surface area (Å²) in [6, 6.07) is 6.58. The molecule has 0 bridgehead atoms. The van der Waals surface area contributed by atoms with Crippen molar-refractivity contribution in [3.05, 3.63) is 29.8 Å². The molecule has 0 aliphatic rings. The average molecular weight is 206 g/mol. The van der Waals surface area contributed by atoms with Gasteiger partial charge < -0.3 is 11.1 Å². The molecule has 2 amide bonds.